The van der Waals surface area contributed by atoms with E-state index in [9.17, 15) is 14.7 Å². The summed E-state index contributed by atoms with van der Waals surface area (Å²) in [6.07, 6.45) is 0.768. The molecule has 200 valence electrons. The molecule has 0 bridgehead atoms. The highest BCUT2D eigenvalue weighted by molar-refractivity contribution is 5.99. The van der Waals surface area contributed by atoms with Crippen LogP contribution in [0.2, 0.25) is 0 Å². The number of hydrogen-bond donors (Lipinski definition) is 1. The second-order valence-corrected chi connectivity index (χ2v) is 9.63. The van der Waals surface area contributed by atoms with Crippen molar-refractivity contribution in [3.8, 4) is 17.6 Å². The highest BCUT2D eigenvalue weighted by Gasteiger charge is 2.45. The molecule has 39 heavy (non-hydrogen) atoms. The number of hydrogen-bond acceptors (Lipinski definition) is 6. The third-order valence-electron chi connectivity index (χ3n) is 6.55. The van der Waals surface area contributed by atoms with Crippen LogP contribution in [-0.2, 0) is 19.1 Å². The summed E-state index contributed by atoms with van der Waals surface area (Å²) in [7, 11) is 0. The van der Waals surface area contributed by atoms with Gasteiger partial charge in [-0.25, -0.2) is 4.79 Å². The predicted octanol–water partition coefficient (Wildman–Crippen LogP) is 5.25. The first kappa shape index (κ1) is 27.7. The Labute approximate surface area is 229 Å². The van der Waals surface area contributed by atoms with Crippen LogP contribution in [0.4, 0.5) is 0 Å². The second kappa shape index (κ2) is 12.9. The van der Waals surface area contributed by atoms with Crippen LogP contribution in [-0.4, -0.2) is 42.5 Å². The summed E-state index contributed by atoms with van der Waals surface area (Å²) in [6, 6.07) is 25.0. The lowest BCUT2D eigenvalue weighted by molar-refractivity contribution is -0.166. The van der Waals surface area contributed by atoms with Gasteiger partial charge in [-0.05, 0) is 67.8 Å². The van der Waals surface area contributed by atoms with Crippen LogP contribution in [0.5, 0.6) is 5.75 Å². The predicted molar refractivity (Wildman–Crippen MR) is 149 cm³/mol. The van der Waals surface area contributed by atoms with Gasteiger partial charge in [0.15, 0.2) is 5.60 Å². The monoisotopic (exact) mass is 524 g/mol. The third kappa shape index (κ3) is 7.59. The third-order valence-corrected chi connectivity index (χ3v) is 6.55. The number of aliphatic hydroxyl groups excluding tert-OH is 1. The average molecular weight is 525 g/mol. The molecule has 1 heterocycles. The van der Waals surface area contributed by atoms with E-state index in [1.807, 2.05) is 92.7 Å². The van der Waals surface area contributed by atoms with Crippen LogP contribution >= 0.6 is 0 Å². The largest absolute Gasteiger partial charge is 0.494 e. The summed E-state index contributed by atoms with van der Waals surface area (Å²) < 4.78 is 16.6. The maximum Gasteiger partial charge on any atom is 0.335 e. The number of rotatable bonds is 9. The molecule has 0 radical (unpaired) electrons. The topological polar surface area (TPSA) is 82.1 Å². The van der Waals surface area contributed by atoms with E-state index >= 15 is 0 Å². The maximum atomic E-state index is 12.5. The highest BCUT2D eigenvalue weighted by atomic mass is 16.6. The summed E-state index contributed by atoms with van der Waals surface area (Å²) in [4.78, 5) is 24.8. The number of aryl methyl sites for hydroxylation is 1. The first-order valence-corrected chi connectivity index (χ1v) is 12.9. The second-order valence-electron chi connectivity index (χ2n) is 9.63. The van der Waals surface area contributed by atoms with Crippen LogP contribution in [0.3, 0.4) is 0 Å². The van der Waals surface area contributed by atoms with Gasteiger partial charge in [-0.3, -0.25) is 4.79 Å². The minimum absolute atomic E-state index is 0.140. The first-order chi connectivity index (χ1) is 18.9. The fraction of sp³-hybridized carbons (Fsp3) is 0.273. The molecule has 6 nitrogen and oxygen atoms in total. The van der Waals surface area contributed by atoms with Gasteiger partial charge in [0, 0.05) is 29.5 Å². The summed E-state index contributed by atoms with van der Waals surface area (Å²) in [5, 5.41) is 9.96. The Morgan fingerprint density at radius 2 is 1.62 bits per heavy atom. The fourth-order valence-electron chi connectivity index (χ4n) is 4.16. The van der Waals surface area contributed by atoms with Gasteiger partial charge in [0.1, 0.15) is 12.4 Å². The number of allylic oxidation sites excluding steroid dienone is 1. The minimum Gasteiger partial charge on any atom is -0.494 e. The van der Waals surface area contributed by atoms with Crippen molar-refractivity contribution in [2.24, 2.45) is 0 Å². The quantitative estimate of drug-likeness (QED) is 0.178. The molecule has 1 unspecified atom stereocenters. The SMILES string of the molecule is C/C(=C1/CC(CO)(COC(=O)CCCOc2ccc(C#Cc3ccc(C)cc3)cc2)OC1=O)c1ccccc1. The van der Waals surface area contributed by atoms with Crippen LogP contribution in [0, 0.1) is 18.8 Å². The molecular weight excluding hydrogens is 492 g/mol. The molecule has 1 aliphatic rings. The van der Waals surface area contributed by atoms with Gasteiger partial charge in [0.2, 0.25) is 0 Å². The van der Waals surface area contributed by atoms with Crippen LogP contribution in [0.1, 0.15) is 48.4 Å². The van der Waals surface area contributed by atoms with E-state index in [0.717, 1.165) is 22.3 Å². The Kier molecular flexibility index (Phi) is 9.19. The lowest BCUT2D eigenvalue weighted by Gasteiger charge is -2.24. The zero-order chi connectivity index (χ0) is 27.7. The molecule has 4 rings (SSSR count). The van der Waals surface area contributed by atoms with Crippen molar-refractivity contribution in [1.29, 1.82) is 0 Å². The molecule has 0 saturated carbocycles. The Bertz CT molecular complexity index is 1380. The number of esters is 2. The summed E-state index contributed by atoms with van der Waals surface area (Å²) in [5.74, 6) is 6.02. The van der Waals surface area contributed by atoms with E-state index in [2.05, 4.69) is 11.8 Å². The van der Waals surface area contributed by atoms with Crippen molar-refractivity contribution in [3.05, 3.63) is 107 Å². The van der Waals surface area contributed by atoms with E-state index in [-0.39, 0.29) is 19.4 Å². The van der Waals surface area contributed by atoms with Crippen LogP contribution < -0.4 is 4.74 Å². The lowest BCUT2D eigenvalue weighted by Crippen LogP contribution is -2.39. The average Bonchev–Trinajstić information content (AvgIpc) is 3.31. The van der Waals surface area contributed by atoms with Crippen molar-refractivity contribution in [2.75, 3.05) is 19.8 Å². The van der Waals surface area contributed by atoms with Crippen LogP contribution in [0.25, 0.3) is 5.57 Å². The normalized spacial score (nSPS) is 17.6. The molecule has 1 fully saturated rings. The van der Waals surface area contributed by atoms with Gasteiger partial charge in [0.25, 0.3) is 0 Å². The van der Waals surface area contributed by atoms with E-state index < -0.39 is 24.1 Å². The van der Waals surface area contributed by atoms with Crippen molar-refractivity contribution >= 4 is 17.5 Å². The van der Waals surface area contributed by atoms with E-state index in [1.54, 1.807) is 0 Å². The standard InChI is InChI=1S/C33H32O6/c1-24-10-12-26(13-11-24)14-15-27-16-18-29(19-17-27)37-20-6-9-31(35)38-23-33(22-34)21-30(32(36)39-33)25(2)28-7-4-3-5-8-28/h3-5,7-8,10-13,16-19,34H,6,9,20-23H2,1-2H3/b30-25+. The minimum atomic E-state index is -1.27. The van der Waals surface area contributed by atoms with Crippen molar-refractivity contribution in [1.82, 2.24) is 0 Å². The number of carbonyl (C=O) groups is 2. The maximum absolute atomic E-state index is 12.5. The van der Waals surface area contributed by atoms with Gasteiger partial charge in [-0.2, -0.15) is 0 Å². The highest BCUT2D eigenvalue weighted by Crippen LogP contribution is 2.35. The molecule has 0 spiro atoms. The number of benzene rings is 3. The Balaban J connectivity index is 1.21. The summed E-state index contributed by atoms with van der Waals surface area (Å²) in [6.45, 7) is 3.59. The van der Waals surface area contributed by atoms with Crippen LogP contribution in [0.15, 0.2) is 84.4 Å². The number of carbonyl (C=O) groups excluding carboxylic acids is 2. The van der Waals surface area contributed by atoms with Crippen molar-refractivity contribution < 1.29 is 28.9 Å². The van der Waals surface area contributed by atoms with E-state index in [1.165, 1.54) is 5.56 Å². The zero-order valence-corrected chi connectivity index (χ0v) is 22.2. The molecule has 1 saturated heterocycles. The molecule has 1 aliphatic heterocycles. The number of aliphatic hydroxyl groups is 1. The molecule has 3 aromatic carbocycles. The summed E-state index contributed by atoms with van der Waals surface area (Å²) in [5.41, 5.74) is 3.94. The molecule has 0 aromatic heterocycles. The van der Waals surface area contributed by atoms with Gasteiger partial charge in [0.05, 0.1) is 13.2 Å². The van der Waals surface area contributed by atoms with Gasteiger partial charge in [-0.15, -0.1) is 0 Å². The summed E-state index contributed by atoms with van der Waals surface area (Å²) >= 11 is 0. The molecule has 1 N–H and O–H groups in total. The first-order valence-electron chi connectivity index (χ1n) is 12.9. The van der Waals surface area contributed by atoms with E-state index in [0.29, 0.717) is 24.4 Å². The Hall–Kier alpha value is -4.34. The fourth-order valence-corrected chi connectivity index (χ4v) is 4.16. The Morgan fingerprint density at radius 3 is 2.26 bits per heavy atom. The molecule has 6 heteroatoms. The molecular formula is C33H32O6. The van der Waals surface area contributed by atoms with Gasteiger partial charge >= 0.3 is 11.9 Å². The van der Waals surface area contributed by atoms with E-state index in [4.69, 9.17) is 14.2 Å². The number of ether oxygens (including phenoxy) is 3. The molecule has 3 aromatic rings. The molecule has 1 atom stereocenters. The lowest BCUT2D eigenvalue weighted by atomic mass is 9.94. The van der Waals surface area contributed by atoms with Crippen molar-refractivity contribution in [2.45, 2.75) is 38.7 Å². The molecule has 0 amide bonds. The Morgan fingerprint density at radius 1 is 0.974 bits per heavy atom. The van der Waals surface area contributed by atoms with Gasteiger partial charge < -0.3 is 19.3 Å². The van der Waals surface area contributed by atoms with Gasteiger partial charge in [-0.1, -0.05) is 59.9 Å². The van der Waals surface area contributed by atoms with Crippen molar-refractivity contribution in [3.63, 3.8) is 0 Å². The number of cyclic esters (lactones) is 1. The smallest absolute Gasteiger partial charge is 0.335 e. The molecule has 0 aliphatic carbocycles. The zero-order valence-electron chi connectivity index (χ0n) is 22.2.